The number of aromatic nitrogens is 1. The van der Waals surface area contributed by atoms with Crippen LogP contribution in [0.2, 0.25) is 0 Å². The van der Waals surface area contributed by atoms with E-state index in [0.717, 1.165) is 16.7 Å². The summed E-state index contributed by atoms with van der Waals surface area (Å²) in [5.41, 5.74) is 2.07. The zero-order valence-corrected chi connectivity index (χ0v) is 16.5. The van der Waals surface area contributed by atoms with Gasteiger partial charge in [-0.2, -0.15) is 0 Å². The molecule has 1 unspecified atom stereocenters. The fraction of sp³-hybridized carbons (Fsp3) is 0.167. The topological polar surface area (TPSA) is 84.6 Å². The first kappa shape index (κ1) is 19.5. The molecule has 1 atom stereocenters. The third-order valence-electron chi connectivity index (χ3n) is 5.10. The third-order valence-corrected chi connectivity index (χ3v) is 5.10. The zero-order valence-electron chi connectivity index (χ0n) is 16.5. The molecule has 0 saturated carbocycles. The number of amides is 1. The highest BCUT2D eigenvalue weighted by molar-refractivity contribution is 5.86. The number of nitrogens with zero attached hydrogens (tertiary/aromatic N) is 1. The molecule has 1 amide bonds. The number of hydrogen-bond donors (Lipinski definition) is 2. The van der Waals surface area contributed by atoms with Gasteiger partial charge in [0, 0.05) is 29.5 Å². The Morgan fingerprint density at radius 1 is 1.13 bits per heavy atom. The molecule has 4 aromatic rings. The van der Waals surface area contributed by atoms with Crippen molar-refractivity contribution in [2.24, 2.45) is 0 Å². The number of phenols is 1. The van der Waals surface area contributed by atoms with Gasteiger partial charge in [-0.15, -0.1) is 0 Å². The monoisotopic (exact) mass is 402 g/mol. The van der Waals surface area contributed by atoms with Crippen molar-refractivity contribution in [3.63, 3.8) is 0 Å². The standard InChI is InChI=1S/C24H22N2O4/c1-29-18-9-6-16(7-10-18)21(14-22(27)26-15-19-5-3-13-30-19)20-11-8-17-4-2-12-25-23(17)24(20)28/h2-13,21,28H,14-15H2,1H3,(H,26,27). The van der Waals surface area contributed by atoms with Crippen molar-refractivity contribution in [3.8, 4) is 11.5 Å². The van der Waals surface area contributed by atoms with Gasteiger partial charge in [0.1, 0.15) is 22.8 Å². The van der Waals surface area contributed by atoms with Crippen molar-refractivity contribution in [2.45, 2.75) is 18.9 Å². The first-order valence-electron chi connectivity index (χ1n) is 9.65. The SMILES string of the molecule is COc1ccc(C(CC(=O)NCc2ccco2)c2ccc3cccnc3c2O)cc1. The number of pyridine rings is 1. The number of phenolic OH excluding ortho intramolecular Hbond substituents is 1. The van der Waals surface area contributed by atoms with Crippen LogP contribution in [0.15, 0.2) is 77.5 Å². The van der Waals surface area contributed by atoms with E-state index in [1.54, 1.807) is 25.6 Å². The van der Waals surface area contributed by atoms with Crippen LogP contribution in [0.1, 0.15) is 29.2 Å². The molecule has 0 spiro atoms. The molecule has 0 aliphatic carbocycles. The van der Waals surface area contributed by atoms with Crippen molar-refractivity contribution in [3.05, 3.63) is 90.0 Å². The lowest BCUT2D eigenvalue weighted by atomic mass is 9.87. The maximum absolute atomic E-state index is 12.7. The summed E-state index contributed by atoms with van der Waals surface area (Å²) in [6.45, 7) is 0.312. The molecular formula is C24H22N2O4. The number of furan rings is 1. The molecule has 2 N–H and O–H groups in total. The van der Waals surface area contributed by atoms with E-state index >= 15 is 0 Å². The smallest absolute Gasteiger partial charge is 0.221 e. The largest absolute Gasteiger partial charge is 0.505 e. The molecule has 6 nitrogen and oxygen atoms in total. The Labute approximate surface area is 174 Å². The lowest BCUT2D eigenvalue weighted by molar-refractivity contribution is -0.121. The summed E-state index contributed by atoms with van der Waals surface area (Å²) in [6.07, 6.45) is 3.38. The third kappa shape index (κ3) is 4.12. The summed E-state index contributed by atoms with van der Waals surface area (Å²) < 4.78 is 10.5. The number of nitrogens with one attached hydrogen (secondary N) is 1. The van der Waals surface area contributed by atoms with Gasteiger partial charge in [0.15, 0.2) is 0 Å². The fourth-order valence-corrected chi connectivity index (χ4v) is 3.53. The van der Waals surface area contributed by atoms with Gasteiger partial charge >= 0.3 is 0 Å². The first-order valence-corrected chi connectivity index (χ1v) is 9.65. The summed E-state index contributed by atoms with van der Waals surface area (Å²) in [7, 11) is 1.61. The summed E-state index contributed by atoms with van der Waals surface area (Å²) in [5, 5.41) is 14.7. The van der Waals surface area contributed by atoms with Crippen LogP contribution in [0, 0.1) is 0 Å². The van der Waals surface area contributed by atoms with Crippen LogP contribution in [0.5, 0.6) is 11.5 Å². The van der Waals surface area contributed by atoms with Crippen LogP contribution in [0.4, 0.5) is 0 Å². The number of fused-ring (bicyclic) bond motifs is 1. The summed E-state index contributed by atoms with van der Waals surface area (Å²) >= 11 is 0. The molecule has 0 bridgehead atoms. The van der Waals surface area contributed by atoms with E-state index in [2.05, 4.69) is 10.3 Å². The molecule has 2 aromatic carbocycles. The average molecular weight is 402 g/mol. The minimum absolute atomic E-state index is 0.0905. The Kier molecular flexibility index (Phi) is 5.66. The minimum Gasteiger partial charge on any atom is -0.505 e. The molecule has 6 heteroatoms. The van der Waals surface area contributed by atoms with Crippen LogP contribution < -0.4 is 10.1 Å². The highest BCUT2D eigenvalue weighted by Crippen LogP contribution is 2.38. The second-order valence-corrected chi connectivity index (χ2v) is 6.96. The molecule has 4 rings (SSSR count). The highest BCUT2D eigenvalue weighted by atomic mass is 16.5. The lowest BCUT2D eigenvalue weighted by Crippen LogP contribution is -2.24. The van der Waals surface area contributed by atoms with Crippen LogP contribution >= 0.6 is 0 Å². The van der Waals surface area contributed by atoms with Gasteiger partial charge in [-0.3, -0.25) is 9.78 Å². The van der Waals surface area contributed by atoms with Crippen molar-refractivity contribution in [1.29, 1.82) is 0 Å². The number of carbonyl (C=O) groups excluding carboxylic acids is 1. The van der Waals surface area contributed by atoms with E-state index in [0.29, 0.717) is 23.4 Å². The second kappa shape index (κ2) is 8.69. The van der Waals surface area contributed by atoms with Crippen LogP contribution in [-0.4, -0.2) is 23.1 Å². The van der Waals surface area contributed by atoms with Crippen molar-refractivity contribution in [2.75, 3.05) is 7.11 Å². The van der Waals surface area contributed by atoms with Crippen LogP contribution in [0.3, 0.4) is 0 Å². The number of rotatable bonds is 7. The summed E-state index contributed by atoms with van der Waals surface area (Å²) in [4.78, 5) is 17.0. The van der Waals surface area contributed by atoms with Crippen molar-refractivity contribution < 1.29 is 19.1 Å². The quantitative estimate of drug-likeness (QED) is 0.479. The van der Waals surface area contributed by atoms with Crippen molar-refractivity contribution >= 4 is 16.8 Å². The average Bonchev–Trinajstić information content (AvgIpc) is 3.31. The van der Waals surface area contributed by atoms with Gasteiger partial charge in [-0.25, -0.2) is 0 Å². The van der Waals surface area contributed by atoms with Gasteiger partial charge in [0.25, 0.3) is 0 Å². The highest BCUT2D eigenvalue weighted by Gasteiger charge is 2.23. The molecule has 0 radical (unpaired) electrons. The summed E-state index contributed by atoms with van der Waals surface area (Å²) in [6, 6.07) is 18.6. The number of benzene rings is 2. The molecule has 30 heavy (non-hydrogen) atoms. The maximum atomic E-state index is 12.7. The first-order chi connectivity index (χ1) is 14.7. The van der Waals surface area contributed by atoms with E-state index in [1.807, 2.05) is 54.6 Å². The number of carbonyl (C=O) groups is 1. The van der Waals surface area contributed by atoms with E-state index in [-0.39, 0.29) is 24.0 Å². The Morgan fingerprint density at radius 3 is 2.70 bits per heavy atom. The maximum Gasteiger partial charge on any atom is 0.221 e. The van der Waals surface area contributed by atoms with Gasteiger partial charge in [0.05, 0.1) is 19.9 Å². The minimum atomic E-state index is -0.348. The fourth-order valence-electron chi connectivity index (χ4n) is 3.53. The van der Waals surface area contributed by atoms with Crippen LogP contribution in [-0.2, 0) is 11.3 Å². The van der Waals surface area contributed by atoms with E-state index < -0.39 is 0 Å². The molecule has 152 valence electrons. The Morgan fingerprint density at radius 2 is 1.97 bits per heavy atom. The van der Waals surface area contributed by atoms with Gasteiger partial charge in [0.2, 0.25) is 5.91 Å². The lowest BCUT2D eigenvalue weighted by Gasteiger charge is -2.20. The molecular weight excluding hydrogens is 380 g/mol. The van der Waals surface area contributed by atoms with E-state index in [1.165, 1.54) is 0 Å². The Hall–Kier alpha value is -3.80. The van der Waals surface area contributed by atoms with Gasteiger partial charge < -0.3 is 19.6 Å². The molecule has 2 aromatic heterocycles. The van der Waals surface area contributed by atoms with Gasteiger partial charge in [-0.05, 0) is 35.9 Å². The molecule has 0 saturated heterocycles. The zero-order chi connectivity index (χ0) is 20.9. The Bertz CT molecular complexity index is 1140. The predicted molar refractivity (Wildman–Crippen MR) is 113 cm³/mol. The molecule has 0 aliphatic heterocycles. The normalized spacial score (nSPS) is 11.9. The number of ether oxygens (including phenoxy) is 1. The van der Waals surface area contributed by atoms with Gasteiger partial charge in [-0.1, -0.05) is 30.3 Å². The number of methoxy groups -OCH3 is 1. The molecule has 0 aliphatic rings. The predicted octanol–water partition coefficient (Wildman–Crippen LogP) is 4.38. The van der Waals surface area contributed by atoms with E-state index in [4.69, 9.17) is 9.15 Å². The van der Waals surface area contributed by atoms with Crippen LogP contribution in [0.25, 0.3) is 10.9 Å². The second-order valence-electron chi connectivity index (χ2n) is 6.96. The molecule has 0 fully saturated rings. The molecule has 2 heterocycles. The van der Waals surface area contributed by atoms with E-state index in [9.17, 15) is 9.90 Å². The Balaban J connectivity index is 1.66. The number of aromatic hydroxyl groups is 1. The number of hydrogen-bond acceptors (Lipinski definition) is 5. The van der Waals surface area contributed by atoms with Crippen molar-refractivity contribution in [1.82, 2.24) is 10.3 Å². The summed E-state index contributed by atoms with van der Waals surface area (Å²) in [5.74, 6) is 1.01.